The molecule has 112 valence electrons. The summed E-state index contributed by atoms with van der Waals surface area (Å²) in [6.45, 7) is 3.03. The summed E-state index contributed by atoms with van der Waals surface area (Å²) in [5.41, 5.74) is 2.30. The van der Waals surface area contributed by atoms with E-state index in [9.17, 15) is 0 Å². The van der Waals surface area contributed by atoms with E-state index >= 15 is 0 Å². The molecule has 3 heterocycles. The zero-order valence-electron chi connectivity index (χ0n) is 12.3. The third-order valence-corrected chi connectivity index (χ3v) is 4.97. The minimum atomic E-state index is 0.781. The lowest BCUT2D eigenvalue weighted by molar-refractivity contribution is 0.931. The molecule has 4 nitrogen and oxygen atoms in total. The Labute approximate surface area is 133 Å². The van der Waals surface area contributed by atoms with Gasteiger partial charge in [0.2, 0.25) is 0 Å². The van der Waals surface area contributed by atoms with Crippen LogP contribution in [0.3, 0.4) is 0 Å². The van der Waals surface area contributed by atoms with Crippen molar-refractivity contribution in [2.45, 2.75) is 19.4 Å². The normalized spacial score (nSPS) is 14.6. The smallest absolute Gasteiger partial charge is 0.184 e. The van der Waals surface area contributed by atoms with Crippen molar-refractivity contribution in [2.24, 2.45) is 0 Å². The summed E-state index contributed by atoms with van der Waals surface area (Å²) in [7, 11) is 0. The summed E-state index contributed by atoms with van der Waals surface area (Å²) < 4.78 is 1.22. The predicted octanol–water partition coefficient (Wildman–Crippen LogP) is 3.90. The molecule has 0 bridgehead atoms. The molecule has 0 spiro atoms. The van der Waals surface area contributed by atoms with Crippen molar-refractivity contribution in [3.63, 3.8) is 0 Å². The fourth-order valence-electron chi connectivity index (χ4n) is 2.82. The van der Waals surface area contributed by atoms with Crippen LogP contribution in [0, 0.1) is 0 Å². The predicted molar refractivity (Wildman–Crippen MR) is 92.6 cm³/mol. The van der Waals surface area contributed by atoms with Crippen molar-refractivity contribution in [1.82, 2.24) is 9.97 Å². The van der Waals surface area contributed by atoms with E-state index in [4.69, 9.17) is 0 Å². The summed E-state index contributed by atoms with van der Waals surface area (Å²) in [6.07, 6.45) is 4.45. The quantitative estimate of drug-likeness (QED) is 0.793. The molecule has 1 fully saturated rings. The minimum Gasteiger partial charge on any atom is -0.357 e. The Morgan fingerprint density at radius 1 is 1.14 bits per heavy atom. The molecule has 22 heavy (non-hydrogen) atoms. The zero-order valence-corrected chi connectivity index (χ0v) is 13.1. The molecule has 2 aromatic heterocycles. The van der Waals surface area contributed by atoms with Crippen LogP contribution in [0.4, 0.5) is 10.9 Å². The van der Waals surface area contributed by atoms with Crippen molar-refractivity contribution >= 4 is 32.5 Å². The van der Waals surface area contributed by atoms with Crippen molar-refractivity contribution in [2.75, 3.05) is 23.3 Å². The molecule has 0 amide bonds. The Kier molecular flexibility index (Phi) is 3.64. The van der Waals surface area contributed by atoms with Crippen LogP contribution >= 0.6 is 11.3 Å². The van der Waals surface area contributed by atoms with Crippen LogP contribution in [0.5, 0.6) is 0 Å². The van der Waals surface area contributed by atoms with E-state index < -0.39 is 0 Å². The zero-order chi connectivity index (χ0) is 14.8. The molecule has 0 aliphatic carbocycles. The number of benzene rings is 1. The Balaban J connectivity index is 1.47. The Bertz CT molecular complexity index is 744. The van der Waals surface area contributed by atoms with Gasteiger partial charge in [0.1, 0.15) is 5.82 Å². The molecule has 0 saturated carbocycles. The maximum absolute atomic E-state index is 4.61. The number of fused-ring (bicyclic) bond motifs is 1. The number of aromatic nitrogens is 2. The van der Waals surface area contributed by atoms with Crippen LogP contribution in [-0.2, 0) is 6.54 Å². The first-order valence-corrected chi connectivity index (χ1v) is 8.49. The van der Waals surface area contributed by atoms with E-state index in [0.29, 0.717) is 0 Å². The fraction of sp³-hybridized carbons (Fsp3) is 0.294. The Hall–Kier alpha value is -2.14. The number of anilines is 2. The standard InChI is InChI=1S/C17H18N4S/c1-2-6-15-14(5-1)20-17(22-15)19-12-13-7-8-18-16(11-13)21-9-3-4-10-21/h1-2,5-8,11H,3-4,9-10,12H2,(H,19,20). The highest BCUT2D eigenvalue weighted by atomic mass is 32.1. The van der Waals surface area contributed by atoms with E-state index in [-0.39, 0.29) is 0 Å². The molecule has 0 unspecified atom stereocenters. The highest BCUT2D eigenvalue weighted by molar-refractivity contribution is 7.22. The average Bonchev–Trinajstić information content (AvgIpc) is 3.22. The molecule has 3 aromatic rings. The first kappa shape index (κ1) is 13.5. The molecule has 1 N–H and O–H groups in total. The Morgan fingerprint density at radius 2 is 2.00 bits per heavy atom. The highest BCUT2D eigenvalue weighted by Crippen LogP contribution is 2.26. The molecule has 0 atom stereocenters. The maximum atomic E-state index is 4.61. The highest BCUT2D eigenvalue weighted by Gasteiger charge is 2.13. The van der Waals surface area contributed by atoms with Gasteiger partial charge in [-0.25, -0.2) is 9.97 Å². The van der Waals surface area contributed by atoms with E-state index in [0.717, 1.165) is 36.1 Å². The van der Waals surface area contributed by atoms with Crippen LogP contribution < -0.4 is 10.2 Å². The van der Waals surface area contributed by atoms with Gasteiger partial charge in [-0.05, 0) is 42.7 Å². The third kappa shape index (κ3) is 2.76. The van der Waals surface area contributed by atoms with Gasteiger partial charge in [-0.2, -0.15) is 0 Å². The lowest BCUT2D eigenvalue weighted by Crippen LogP contribution is -2.19. The lowest BCUT2D eigenvalue weighted by atomic mass is 10.2. The van der Waals surface area contributed by atoms with Crippen LogP contribution in [0.2, 0.25) is 0 Å². The molecule has 4 rings (SSSR count). The lowest BCUT2D eigenvalue weighted by Gasteiger charge is -2.16. The van der Waals surface area contributed by atoms with Crippen LogP contribution in [-0.4, -0.2) is 23.1 Å². The summed E-state index contributed by atoms with van der Waals surface area (Å²) in [6, 6.07) is 12.5. The molecule has 1 aliphatic rings. The summed E-state index contributed by atoms with van der Waals surface area (Å²) in [4.78, 5) is 11.5. The molecular formula is C17H18N4S. The topological polar surface area (TPSA) is 41.1 Å². The number of hydrogen-bond acceptors (Lipinski definition) is 5. The van der Waals surface area contributed by atoms with E-state index in [1.54, 1.807) is 11.3 Å². The van der Waals surface area contributed by atoms with Crippen molar-refractivity contribution in [1.29, 1.82) is 0 Å². The molecular weight excluding hydrogens is 292 g/mol. The molecule has 1 aromatic carbocycles. The van der Waals surface area contributed by atoms with Crippen LogP contribution in [0.1, 0.15) is 18.4 Å². The van der Waals surface area contributed by atoms with E-state index in [2.05, 4.69) is 50.5 Å². The van der Waals surface area contributed by atoms with Gasteiger partial charge in [-0.3, -0.25) is 0 Å². The number of pyridine rings is 1. The van der Waals surface area contributed by atoms with Crippen molar-refractivity contribution in [3.8, 4) is 0 Å². The number of rotatable bonds is 4. The average molecular weight is 310 g/mol. The Morgan fingerprint density at radius 3 is 2.86 bits per heavy atom. The number of thiazole rings is 1. The van der Waals surface area contributed by atoms with Crippen molar-refractivity contribution < 1.29 is 0 Å². The number of nitrogens with one attached hydrogen (secondary N) is 1. The van der Waals surface area contributed by atoms with Gasteiger partial charge in [0.15, 0.2) is 5.13 Å². The summed E-state index contributed by atoms with van der Waals surface area (Å²) >= 11 is 1.70. The van der Waals surface area contributed by atoms with Gasteiger partial charge < -0.3 is 10.2 Å². The van der Waals surface area contributed by atoms with Gasteiger partial charge in [-0.1, -0.05) is 23.5 Å². The van der Waals surface area contributed by atoms with Gasteiger partial charge >= 0.3 is 0 Å². The van der Waals surface area contributed by atoms with Gasteiger partial charge in [0.05, 0.1) is 10.2 Å². The van der Waals surface area contributed by atoms with Crippen LogP contribution in [0.25, 0.3) is 10.2 Å². The molecule has 1 saturated heterocycles. The van der Waals surface area contributed by atoms with Crippen molar-refractivity contribution in [3.05, 3.63) is 48.2 Å². The van der Waals surface area contributed by atoms with Gasteiger partial charge in [0, 0.05) is 25.8 Å². The monoisotopic (exact) mass is 310 g/mol. The van der Waals surface area contributed by atoms with E-state index in [1.165, 1.54) is 23.1 Å². The summed E-state index contributed by atoms with van der Waals surface area (Å²) in [5, 5.41) is 4.40. The van der Waals surface area contributed by atoms with Crippen LogP contribution in [0.15, 0.2) is 42.6 Å². The summed E-state index contributed by atoms with van der Waals surface area (Å²) in [5.74, 6) is 1.10. The first-order valence-electron chi connectivity index (χ1n) is 7.68. The number of hydrogen-bond donors (Lipinski definition) is 1. The van der Waals surface area contributed by atoms with Gasteiger partial charge in [-0.15, -0.1) is 0 Å². The number of nitrogens with zero attached hydrogens (tertiary/aromatic N) is 3. The second-order valence-electron chi connectivity index (χ2n) is 5.56. The largest absolute Gasteiger partial charge is 0.357 e. The molecule has 5 heteroatoms. The number of para-hydroxylation sites is 1. The SMILES string of the molecule is c1ccc2sc(NCc3ccnc(N4CCCC4)c3)nc2c1. The molecule has 0 radical (unpaired) electrons. The first-order chi connectivity index (χ1) is 10.9. The maximum Gasteiger partial charge on any atom is 0.184 e. The minimum absolute atomic E-state index is 0.781. The third-order valence-electron chi connectivity index (χ3n) is 3.98. The van der Waals surface area contributed by atoms with Gasteiger partial charge in [0.25, 0.3) is 0 Å². The fourth-order valence-corrected chi connectivity index (χ4v) is 3.68. The second-order valence-corrected chi connectivity index (χ2v) is 6.59. The molecule has 1 aliphatic heterocycles. The van der Waals surface area contributed by atoms with E-state index in [1.807, 2.05) is 12.3 Å². The second kappa shape index (κ2) is 5.93.